The molecule has 4 rings (SSSR count). The Bertz CT molecular complexity index is 1190. The van der Waals surface area contributed by atoms with Gasteiger partial charge in [0.25, 0.3) is 17.7 Å². The van der Waals surface area contributed by atoms with E-state index in [1.54, 1.807) is 35.2 Å². The molecule has 0 spiro atoms. The summed E-state index contributed by atoms with van der Waals surface area (Å²) in [5.74, 6) is -0.920. The third kappa shape index (κ3) is 5.40. The predicted molar refractivity (Wildman–Crippen MR) is 132 cm³/mol. The minimum Gasteiger partial charge on any atom is -0.465 e. The van der Waals surface area contributed by atoms with Crippen molar-refractivity contribution in [1.29, 1.82) is 0 Å². The number of unbranched alkanes of at least 4 members (excludes halogenated alkanes) is 2. The summed E-state index contributed by atoms with van der Waals surface area (Å²) in [5.41, 5.74) is 3.95. The Balaban J connectivity index is 1.17. The molecule has 7 nitrogen and oxygen atoms in total. The van der Waals surface area contributed by atoms with Crippen LogP contribution in [0.25, 0.3) is 0 Å². The van der Waals surface area contributed by atoms with Crippen molar-refractivity contribution >= 4 is 29.4 Å². The minimum atomic E-state index is -0.319. The molecule has 180 valence electrons. The lowest BCUT2D eigenvalue weighted by molar-refractivity contribution is -0.143. The molecule has 0 aliphatic carbocycles. The van der Waals surface area contributed by atoms with Crippen LogP contribution in [0.1, 0.15) is 57.5 Å². The van der Waals surface area contributed by atoms with E-state index >= 15 is 0 Å². The Hall–Kier alpha value is -4.00. The van der Waals surface area contributed by atoms with Gasteiger partial charge < -0.3 is 9.64 Å². The number of hydrogen-bond acceptors (Lipinski definition) is 5. The fourth-order valence-corrected chi connectivity index (χ4v) is 4.21. The van der Waals surface area contributed by atoms with Crippen LogP contribution in [-0.2, 0) is 20.7 Å². The summed E-state index contributed by atoms with van der Waals surface area (Å²) >= 11 is 0. The van der Waals surface area contributed by atoms with Crippen LogP contribution < -0.4 is 4.90 Å². The Morgan fingerprint density at radius 1 is 0.914 bits per heavy atom. The highest BCUT2D eigenvalue weighted by atomic mass is 16.5. The molecule has 0 radical (unpaired) electrons. The molecule has 3 amide bonds. The first-order chi connectivity index (χ1) is 16.8. The number of aryl methyl sites for hydroxylation is 1. The molecule has 0 saturated heterocycles. The molecule has 7 heteroatoms. The van der Waals surface area contributed by atoms with Crippen molar-refractivity contribution in [1.82, 2.24) is 4.90 Å². The Labute approximate surface area is 204 Å². The number of esters is 1. The average Bonchev–Trinajstić information content (AvgIpc) is 3.29. The number of allylic oxidation sites excluding steroid dienone is 1. The number of ether oxygens (including phenoxy) is 1. The molecular formula is C28H28N2O5. The van der Waals surface area contributed by atoms with Crippen LogP contribution in [0.3, 0.4) is 0 Å². The maximum atomic E-state index is 12.7. The van der Waals surface area contributed by atoms with Gasteiger partial charge in [-0.25, -0.2) is 4.90 Å². The maximum absolute atomic E-state index is 12.7. The highest BCUT2D eigenvalue weighted by molar-refractivity contribution is 6.34. The van der Waals surface area contributed by atoms with Gasteiger partial charge >= 0.3 is 5.97 Å². The highest BCUT2D eigenvalue weighted by Crippen LogP contribution is 2.29. The monoisotopic (exact) mass is 472 g/mol. The zero-order valence-corrected chi connectivity index (χ0v) is 19.8. The number of benzene rings is 2. The van der Waals surface area contributed by atoms with Crippen molar-refractivity contribution in [3.8, 4) is 0 Å². The second-order valence-corrected chi connectivity index (χ2v) is 8.76. The van der Waals surface area contributed by atoms with Crippen molar-refractivity contribution in [3.05, 3.63) is 89.1 Å². The summed E-state index contributed by atoms with van der Waals surface area (Å²) in [6.07, 6.45) is 6.43. The van der Waals surface area contributed by atoms with Gasteiger partial charge in [0.2, 0.25) is 0 Å². The fourth-order valence-electron chi connectivity index (χ4n) is 4.21. The lowest BCUT2D eigenvalue weighted by Gasteiger charge is -2.16. The van der Waals surface area contributed by atoms with Gasteiger partial charge in [-0.3, -0.25) is 19.2 Å². The molecule has 0 N–H and O–H groups in total. The van der Waals surface area contributed by atoms with Gasteiger partial charge in [0.15, 0.2) is 0 Å². The number of imide groups is 1. The van der Waals surface area contributed by atoms with Crippen LogP contribution in [0.2, 0.25) is 0 Å². The summed E-state index contributed by atoms with van der Waals surface area (Å²) < 4.78 is 5.33. The topological polar surface area (TPSA) is 84.0 Å². The lowest BCUT2D eigenvalue weighted by Crippen LogP contribution is -2.29. The van der Waals surface area contributed by atoms with Crippen molar-refractivity contribution in [2.45, 2.75) is 39.0 Å². The van der Waals surface area contributed by atoms with E-state index in [0.29, 0.717) is 48.3 Å². The first kappa shape index (κ1) is 24.1. The molecule has 0 unspecified atom stereocenters. The number of rotatable bonds is 10. The normalized spacial score (nSPS) is 14.8. The zero-order chi connectivity index (χ0) is 24.9. The molecule has 0 aromatic heterocycles. The molecule has 0 saturated carbocycles. The smallest absolute Gasteiger partial charge is 0.305 e. The number of fused-ring (bicyclic) bond motifs is 1. The highest BCUT2D eigenvalue weighted by Gasteiger charge is 2.36. The minimum absolute atomic E-state index is 0.0405. The second-order valence-electron chi connectivity index (χ2n) is 8.76. The summed E-state index contributed by atoms with van der Waals surface area (Å²) in [7, 11) is 0. The van der Waals surface area contributed by atoms with E-state index in [-0.39, 0.29) is 30.3 Å². The number of nitrogens with zero attached hydrogens (tertiary/aromatic N) is 2. The molecule has 2 heterocycles. The molecule has 2 aromatic rings. The van der Waals surface area contributed by atoms with E-state index in [0.717, 1.165) is 24.0 Å². The summed E-state index contributed by atoms with van der Waals surface area (Å²) in [6, 6.07) is 12.4. The number of amides is 3. The van der Waals surface area contributed by atoms with Crippen LogP contribution in [0.4, 0.5) is 5.69 Å². The van der Waals surface area contributed by atoms with Crippen molar-refractivity contribution < 1.29 is 23.9 Å². The number of carbonyl (C=O) groups excluding carboxylic acids is 4. The number of anilines is 1. The summed E-state index contributed by atoms with van der Waals surface area (Å²) in [5, 5.41) is 0. The van der Waals surface area contributed by atoms with Crippen LogP contribution in [0.15, 0.2) is 66.9 Å². The molecule has 2 aliphatic heterocycles. The Morgan fingerprint density at radius 2 is 1.66 bits per heavy atom. The molecule has 2 aliphatic rings. The predicted octanol–water partition coefficient (Wildman–Crippen LogP) is 4.35. The van der Waals surface area contributed by atoms with Crippen LogP contribution in [-0.4, -0.2) is 41.7 Å². The third-order valence-corrected chi connectivity index (χ3v) is 6.18. The van der Waals surface area contributed by atoms with Crippen molar-refractivity contribution in [2.75, 3.05) is 18.1 Å². The Kier molecular flexibility index (Phi) is 7.25. The van der Waals surface area contributed by atoms with Gasteiger partial charge in [0.1, 0.15) is 0 Å². The van der Waals surface area contributed by atoms with E-state index in [4.69, 9.17) is 4.74 Å². The second kappa shape index (κ2) is 10.5. The molecule has 35 heavy (non-hydrogen) atoms. The fraction of sp³-hybridized carbons (Fsp3) is 0.286. The van der Waals surface area contributed by atoms with Crippen LogP contribution in [0.5, 0.6) is 0 Å². The van der Waals surface area contributed by atoms with Crippen LogP contribution >= 0.6 is 0 Å². The molecular weight excluding hydrogens is 444 g/mol. The average molecular weight is 473 g/mol. The van der Waals surface area contributed by atoms with Gasteiger partial charge in [-0.1, -0.05) is 36.8 Å². The zero-order valence-electron chi connectivity index (χ0n) is 19.8. The maximum Gasteiger partial charge on any atom is 0.305 e. The van der Waals surface area contributed by atoms with E-state index < -0.39 is 0 Å². The quantitative estimate of drug-likeness (QED) is 0.292. The molecule has 0 fully saturated rings. The van der Waals surface area contributed by atoms with Gasteiger partial charge in [-0.2, -0.15) is 0 Å². The Morgan fingerprint density at radius 3 is 2.37 bits per heavy atom. The first-order valence-corrected chi connectivity index (χ1v) is 11.8. The summed E-state index contributed by atoms with van der Waals surface area (Å²) in [6.45, 7) is 6.58. The summed E-state index contributed by atoms with van der Waals surface area (Å²) in [4.78, 5) is 51.9. The van der Waals surface area contributed by atoms with Crippen LogP contribution in [0, 0.1) is 6.92 Å². The first-order valence-electron chi connectivity index (χ1n) is 11.8. The molecule has 0 bridgehead atoms. The van der Waals surface area contributed by atoms with Gasteiger partial charge in [0.05, 0.1) is 23.4 Å². The molecule has 2 aromatic carbocycles. The largest absolute Gasteiger partial charge is 0.465 e. The van der Waals surface area contributed by atoms with E-state index in [1.165, 1.54) is 11.0 Å². The third-order valence-electron chi connectivity index (χ3n) is 6.18. The van der Waals surface area contributed by atoms with Gasteiger partial charge in [-0.05, 0) is 55.7 Å². The van der Waals surface area contributed by atoms with E-state index in [2.05, 4.69) is 6.58 Å². The van der Waals surface area contributed by atoms with Crippen molar-refractivity contribution in [2.24, 2.45) is 0 Å². The van der Waals surface area contributed by atoms with Gasteiger partial charge in [0, 0.05) is 31.2 Å². The number of carbonyl (C=O) groups is 4. The SMILES string of the molecule is C=C1C=CC(=O)N1CCCCCC(=O)OCCc1ccc(N2C(=O)c3ccc(C)cc3C2=O)cc1. The number of hydrogen-bond donors (Lipinski definition) is 0. The van der Waals surface area contributed by atoms with Gasteiger partial charge in [-0.15, -0.1) is 0 Å². The van der Waals surface area contributed by atoms with E-state index in [9.17, 15) is 19.2 Å². The van der Waals surface area contributed by atoms with Crippen molar-refractivity contribution in [3.63, 3.8) is 0 Å². The molecule has 0 atom stereocenters. The standard InChI is InChI=1S/C28H28N2O5/c1-19-7-13-23-24(18-19)28(34)30(27(23)33)22-11-9-21(10-12-22)15-17-35-26(32)6-4-3-5-16-29-20(2)8-14-25(29)31/h7-14,18H,2-6,15-17H2,1H3. The van der Waals surface area contributed by atoms with E-state index in [1.807, 2.05) is 25.1 Å². The lowest BCUT2D eigenvalue weighted by atomic mass is 10.1.